The van der Waals surface area contributed by atoms with E-state index in [-0.39, 0.29) is 5.02 Å². The van der Waals surface area contributed by atoms with E-state index in [1.54, 1.807) is 14.1 Å². The van der Waals surface area contributed by atoms with E-state index in [0.29, 0.717) is 5.56 Å². The minimum atomic E-state index is -1.04. The van der Waals surface area contributed by atoms with Crippen LogP contribution in [-0.2, 0) is 4.79 Å². The number of rotatable bonds is 3. The number of likely N-dealkylation sites (N-methyl/N-ethyl adjacent to an activating group) is 1. The number of hydrogen-bond acceptors (Lipinski definition) is 2. The Morgan fingerprint density at radius 1 is 1.47 bits per heavy atom. The van der Waals surface area contributed by atoms with Crippen molar-refractivity contribution in [2.75, 3.05) is 14.1 Å². The molecule has 0 aliphatic heterocycles. The highest BCUT2D eigenvalue weighted by Gasteiger charge is 2.22. The third-order valence-electron chi connectivity index (χ3n) is 1.95. The summed E-state index contributed by atoms with van der Waals surface area (Å²) in [6.45, 7) is 0. The van der Waals surface area contributed by atoms with E-state index in [9.17, 15) is 9.18 Å². The average Bonchev–Trinajstić information content (AvgIpc) is 1.99. The lowest BCUT2D eigenvalue weighted by Gasteiger charge is -2.20. The fraction of sp³-hybridized carbons (Fsp3) is 0.300. The van der Waals surface area contributed by atoms with E-state index < -0.39 is 17.8 Å². The normalized spacial score (nSPS) is 12.9. The number of halogens is 2. The van der Waals surface area contributed by atoms with Gasteiger partial charge in [0.1, 0.15) is 11.9 Å². The number of carboxylic acid groups (broad SMARTS) is 1. The first kappa shape index (κ1) is 11.9. The van der Waals surface area contributed by atoms with Crippen molar-refractivity contribution in [3.63, 3.8) is 0 Å². The molecule has 1 unspecified atom stereocenters. The molecule has 0 saturated heterocycles. The molecule has 1 aromatic rings. The van der Waals surface area contributed by atoms with Crippen LogP contribution in [0.4, 0.5) is 4.39 Å². The van der Waals surface area contributed by atoms with Crippen LogP contribution in [-0.4, -0.2) is 30.1 Å². The zero-order valence-electron chi connectivity index (χ0n) is 8.37. The van der Waals surface area contributed by atoms with Crippen molar-refractivity contribution in [3.05, 3.63) is 34.6 Å². The number of nitrogens with zero attached hydrogens (tertiary/aromatic N) is 1. The lowest BCUT2D eigenvalue weighted by atomic mass is 10.1. The van der Waals surface area contributed by atoms with Crippen LogP contribution in [0.1, 0.15) is 11.6 Å². The average molecular weight is 232 g/mol. The van der Waals surface area contributed by atoms with Gasteiger partial charge >= 0.3 is 5.97 Å². The van der Waals surface area contributed by atoms with Gasteiger partial charge in [0, 0.05) is 5.02 Å². The van der Waals surface area contributed by atoms with Crippen molar-refractivity contribution >= 4 is 17.6 Å². The van der Waals surface area contributed by atoms with Crippen molar-refractivity contribution in [1.29, 1.82) is 0 Å². The second kappa shape index (κ2) is 4.59. The lowest BCUT2D eigenvalue weighted by molar-refractivity contribution is -0.142. The van der Waals surface area contributed by atoms with Crippen molar-refractivity contribution in [1.82, 2.24) is 4.90 Å². The van der Waals surface area contributed by atoms with Gasteiger partial charge in [-0.3, -0.25) is 9.69 Å². The highest BCUT2D eigenvalue weighted by Crippen LogP contribution is 2.23. The van der Waals surface area contributed by atoms with Crippen LogP contribution >= 0.6 is 11.6 Å². The first-order valence-electron chi connectivity index (χ1n) is 4.27. The summed E-state index contributed by atoms with van der Waals surface area (Å²) < 4.78 is 13.0. The molecule has 0 heterocycles. The summed E-state index contributed by atoms with van der Waals surface area (Å²) in [6, 6.07) is 2.87. The molecule has 0 radical (unpaired) electrons. The third kappa shape index (κ3) is 2.91. The maximum absolute atomic E-state index is 13.0. The number of benzene rings is 1. The standard InChI is InChI=1S/C10H11ClFNO2/c1-13(2)9(10(14)15)6-3-7(11)5-8(12)4-6/h3-5,9H,1-2H3,(H,14,15). The van der Waals surface area contributed by atoms with Crippen molar-refractivity contribution in [3.8, 4) is 0 Å². The van der Waals surface area contributed by atoms with Gasteiger partial charge in [-0.25, -0.2) is 4.39 Å². The summed E-state index contributed by atoms with van der Waals surface area (Å²) in [5.41, 5.74) is 0.331. The van der Waals surface area contributed by atoms with E-state index in [0.717, 1.165) is 6.07 Å². The Kier molecular flexibility index (Phi) is 3.66. The largest absolute Gasteiger partial charge is 0.480 e. The molecular weight excluding hydrogens is 221 g/mol. The number of aliphatic carboxylic acids is 1. The van der Waals surface area contributed by atoms with Crippen molar-refractivity contribution in [2.45, 2.75) is 6.04 Å². The zero-order chi connectivity index (χ0) is 11.6. The Labute approximate surface area is 92.1 Å². The van der Waals surface area contributed by atoms with E-state index >= 15 is 0 Å². The molecule has 3 nitrogen and oxygen atoms in total. The molecule has 1 rings (SSSR count). The molecule has 82 valence electrons. The Balaban J connectivity index is 3.17. The van der Waals surface area contributed by atoms with Gasteiger partial charge in [0.25, 0.3) is 0 Å². The first-order valence-corrected chi connectivity index (χ1v) is 4.65. The van der Waals surface area contributed by atoms with Crippen molar-refractivity contribution in [2.24, 2.45) is 0 Å². The maximum atomic E-state index is 13.0. The van der Waals surface area contributed by atoms with Crippen molar-refractivity contribution < 1.29 is 14.3 Å². The monoisotopic (exact) mass is 231 g/mol. The quantitative estimate of drug-likeness (QED) is 0.867. The summed E-state index contributed by atoms with van der Waals surface area (Å²) in [6.07, 6.45) is 0. The van der Waals surface area contributed by atoms with E-state index in [1.807, 2.05) is 0 Å². The Morgan fingerprint density at radius 3 is 2.47 bits per heavy atom. The summed E-state index contributed by atoms with van der Waals surface area (Å²) >= 11 is 5.65. The van der Waals surface area contributed by atoms with Gasteiger partial charge in [-0.1, -0.05) is 11.6 Å². The molecule has 15 heavy (non-hydrogen) atoms. The molecular formula is C10H11ClFNO2. The summed E-state index contributed by atoms with van der Waals surface area (Å²) in [7, 11) is 3.22. The SMILES string of the molecule is CN(C)C(C(=O)O)c1cc(F)cc(Cl)c1. The van der Waals surface area contributed by atoms with E-state index in [4.69, 9.17) is 16.7 Å². The second-order valence-electron chi connectivity index (χ2n) is 3.41. The minimum Gasteiger partial charge on any atom is -0.480 e. The van der Waals surface area contributed by atoms with Crippen LogP contribution in [0.25, 0.3) is 0 Å². The van der Waals surface area contributed by atoms with Gasteiger partial charge in [-0.15, -0.1) is 0 Å². The highest BCUT2D eigenvalue weighted by atomic mass is 35.5. The summed E-state index contributed by atoms with van der Waals surface area (Å²) in [5, 5.41) is 9.16. The predicted molar refractivity (Wildman–Crippen MR) is 55.5 cm³/mol. The van der Waals surface area contributed by atoms with Gasteiger partial charge in [-0.05, 0) is 37.9 Å². The fourth-order valence-corrected chi connectivity index (χ4v) is 1.62. The zero-order valence-corrected chi connectivity index (χ0v) is 9.12. The van der Waals surface area contributed by atoms with Gasteiger partial charge in [-0.2, -0.15) is 0 Å². The molecule has 0 aliphatic rings. The third-order valence-corrected chi connectivity index (χ3v) is 2.17. The fourth-order valence-electron chi connectivity index (χ4n) is 1.39. The van der Waals surface area contributed by atoms with Gasteiger partial charge in [0.15, 0.2) is 0 Å². The molecule has 0 amide bonds. The van der Waals surface area contributed by atoms with Gasteiger partial charge in [0.2, 0.25) is 0 Å². The van der Waals surface area contributed by atoms with Gasteiger partial charge in [0.05, 0.1) is 0 Å². The Morgan fingerprint density at radius 2 is 2.07 bits per heavy atom. The maximum Gasteiger partial charge on any atom is 0.325 e. The van der Waals surface area contributed by atoms with Crippen LogP contribution in [0.15, 0.2) is 18.2 Å². The topological polar surface area (TPSA) is 40.5 Å². The summed E-state index contributed by atoms with van der Waals surface area (Å²) in [5.74, 6) is -1.58. The molecule has 0 saturated carbocycles. The van der Waals surface area contributed by atoms with Gasteiger partial charge < -0.3 is 5.11 Å². The van der Waals surface area contributed by atoms with Crippen LogP contribution in [0.2, 0.25) is 5.02 Å². The minimum absolute atomic E-state index is 0.193. The molecule has 1 atom stereocenters. The molecule has 0 aliphatic carbocycles. The summed E-state index contributed by atoms with van der Waals surface area (Å²) in [4.78, 5) is 12.4. The Bertz CT molecular complexity index is 361. The molecule has 0 bridgehead atoms. The molecule has 1 aromatic carbocycles. The number of hydrogen-bond donors (Lipinski definition) is 1. The number of carboxylic acids is 1. The molecule has 1 N–H and O–H groups in total. The van der Waals surface area contributed by atoms with Crippen LogP contribution in [0, 0.1) is 5.82 Å². The Hall–Kier alpha value is -1.13. The van der Waals surface area contributed by atoms with Crippen LogP contribution in [0.5, 0.6) is 0 Å². The predicted octanol–water partition coefficient (Wildman–Crippen LogP) is 2.17. The highest BCUT2D eigenvalue weighted by molar-refractivity contribution is 6.30. The van der Waals surface area contributed by atoms with Crippen LogP contribution < -0.4 is 0 Å². The smallest absolute Gasteiger partial charge is 0.325 e. The first-order chi connectivity index (χ1) is 6.91. The van der Waals surface area contributed by atoms with E-state index in [2.05, 4.69) is 0 Å². The van der Waals surface area contributed by atoms with E-state index in [1.165, 1.54) is 17.0 Å². The molecule has 0 fully saturated rings. The molecule has 5 heteroatoms. The number of carbonyl (C=O) groups is 1. The molecule has 0 aromatic heterocycles. The second-order valence-corrected chi connectivity index (χ2v) is 3.84. The lowest BCUT2D eigenvalue weighted by Crippen LogP contribution is -2.27. The van der Waals surface area contributed by atoms with Crippen LogP contribution in [0.3, 0.4) is 0 Å². The molecule has 0 spiro atoms.